The number of hydrogen-bond acceptors (Lipinski definition) is 4. The summed E-state index contributed by atoms with van der Waals surface area (Å²) in [4.78, 5) is 30.9. The first-order chi connectivity index (χ1) is 13.4. The molecule has 2 heterocycles. The van der Waals surface area contributed by atoms with E-state index >= 15 is 0 Å². The lowest BCUT2D eigenvalue weighted by atomic mass is 9.93. The van der Waals surface area contributed by atoms with Gasteiger partial charge in [-0.15, -0.1) is 12.4 Å². The Hall–Kier alpha value is -0.850. The minimum absolute atomic E-state index is 0. The molecule has 2 amide bonds. The minimum Gasteiger partial charge on any atom is -0.342 e. The molecule has 6 nitrogen and oxygen atoms in total. The van der Waals surface area contributed by atoms with Crippen LogP contribution in [0.5, 0.6) is 0 Å². The lowest BCUT2D eigenvalue weighted by Crippen LogP contribution is -2.43. The average Bonchev–Trinajstić information content (AvgIpc) is 3.44. The van der Waals surface area contributed by atoms with Crippen LogP contribution in [0.25, 0.3) is 0 Å². The predicted octanol–water partition coefficient (Wildman–Crippen LogP) is 1.46. The van der Waals surface area contributed by atoms with E-state index in [0.717, 1.165) is 64.7 Å². The van der Waals surface area contributed by atoms with Crippen LogP contribution in [0.1, 0.15) is 45.4 Å². The van der Waals surface area contributed by atoms with Crippen LogP contribution in [-0.4, -0.2) is 59.9 Å². The van der Waals surface area contributed by atoms with Gasteiger partial charge in [-0.3, -0.25) is 9.59 Å². The molecule has 0 radical (unpaired) electrons. The van der Waals surface area contributed by atoms with Crippen LogP contribution in [0.4, 0.5) is 0 Å². The largest absolute Gasteiger partial charge is 0.342 e. The summed E-state index contributed by atoms with van der Waals surface area (Å²) < 4.78 is 0. The summed E-state index contributed by atoms with van der Waals surface area (Å²) >= 11 is 0. The van der Waals surface area contributed by atoms with Gasteiger partial charge >= 0.3 is 0 Å². The number of halogens is 1. The Bertz CT molecular complexity index is 607. The van der Waals surface area contributed by atoms with E-state index in [-0.39, 0.29) is 48.1 Å². The summed E-state index contributed by atoms with van der Waals surface area (Å²) in [5, 5.41) is 0. The molecule has 5 fully saturated rings. The predicted molar refractivity (Wildman–Crippen MR) is 114 cm³/mol. The van der Waals surface area contributed by atoms with Crippen molar-refractivity contribution in [2.75, 3.05) is 26.2 Å². The second-order valence-corrected chi connectivity index (χ2v) is 10.6. The Balaban J connectivity index is 0.00000205. The maximum atomic E-state index is 13.4. The summed E-state index contributed by atoms with van der Waals surface area (Å²) in [6, 6.07) is 0.492. The summed E-state index contributed by atoms with van der Waals surface area (Å²) in [5.41, 5.74) is 12.5. The molecule has 3 saturated carbocycles. The average molecular weight is 425 g/mol. The monoisotopic (exact) mass is 424 g/mol. The molecule has 0 spiro atoms. The van der Waals surface area contributed by atoms with Gasteiger partial charge in [0, 0.05) is 50.1 Å². The van der Waals surface area contributed by atoms with Crippen LogP contribution in [0.3, 0.4) is 0 Å². The minimum atomic E-state index is -0.133. The third-order valence-corrected chi connectivity index (χ3v) is 8.88. The van der Waals surface area contributed by atoms with Crippen molar-refractivity contribution in [3.8, 4) is 0 Å². The van der Waals surface area contributed by atoms with Gasteiger partial charge in [-0.2, -0.15) is 0 Å². The maximum Gasteiger partial charge on any atom is 0.226 e. The molecule has 0 aromatic heterocycles. The molecule has 7 heteroatoms. The SMILES string of the molecule is CC1CC(C(=O)N2CC3CCC(N)C3C2)C(C(=O)N2CC3CCC(N)C3C2)C1.Cl. The van der Waals surface area contributed by atoms with E-state index < -0.39 is 0 Å². The van der Waals surface area contributed by atoms with Gasteiger partial charge in [0.15, 0.2) is 0 Å². The summed E-state index contributed by atoms with van der Waals surface area (Å²) in [6.07, 6.45) is 6.20. The van der Waals surface area contributed by atoms with Crippen molar-refractivity contribution in [2.45, 2.75) is 57.5 Å². The topological polar surface area (TPSA) is 92.7 Å². The smallest absolute Gasteiger partial charge is 0.226 e. The Kier molecular flexibility index (Phi) is 5.91. The van der Waals surface area contributed by atoms with Gasteiger partial charge in [0.25, 0.3) is 0 Å². The number of nitrogens with zero attached hydrogens (tertiary/aromatic N) is 2. The molecule has 0 bridgehead atoms. The maximum absolute atomic E-state index is 13.4. The Labute approximate surface area is 180 Å². The zero-order valence-corrected chi connectivity index (χ0v) is 18.4. The highest BCUT2D eigenvalue weighted by Gasteiger charge is 2.50. The van der Waals surface area contributed by atoms with Gasteiger partial charge in [-0.25, -0.2) is 0 Å². The summed E-state index contributed by atoms with van der Waals surface area (Å²) in [7, 11) is 0. The van der Waals surface area contributed by atoms with E-state index in [2.05, 4.69) is 6.92 Å². The molecule has 4 N–H and O–H groups in total. The molecule has 8 unspecified atom stereocenters. The van der Waals surface area contributed by atoms with Crippen LogP contribution in [0.2, 0.25) is 0 Å². The summed E-state index contributed by atoms with van der Waals surface area (Å²) in [5.74, 6) is 2.71. The van der Waals surface area contributed by atoms with Crippen LogP contribution in [0, 0.1) is 41.4 Å². The molecule has 3 aliphatic carbocycles. The van der Waals surface area contributed by atoms with Crippen molar-refractivity contribution in [3.05, 3.63) is 0 Å². The van der Waals surface area contributed by atoms with Gasteiger partial charge in [0.05, 0.1) is 0 Å². The number of nitrogens with two attached hydrogens (primary N) is 2. The highest BCUT2D eigenvalue weighted by Crippen LogP contribution is 2.44. The molecular weight excluding hydrogens is 388 g/mol. The van der Waals surface area contributed by atoms with E-state index in [4.69, 9.17) is 11.5 Å². The van der Waals surface area contributed by atoms with Crippen molar-refractivity contribution in [1.82, 2.24) is 9.80 Å². The van der Waals surface area contributed by atoms with Gasteiger partial charge in [0.2, 0.25) is 11.8 Å². The first kappa shape index (κ1) is 21.4. The molecule has 0 aromatic carbocycles. The van der Waals surface area contributed by atoms with E-state index in [1.165, 1.54) is 0 Å². The molecule has 5 rings (SSSR count). The van der Waals surface area contributed by atoms with Crippen molar-refractivity contribution in [2.24, 2.45) is 52.9 Å². The number of carbonyl (C=O) groups excluding carboxylic acids is 2. The van der Waals surface area contributed by atoms with Gasteiger partial charge < -0.3 is 21.3 Å². The fraction of sp³-hybridized carbons (Fsp3) is 0.909. The zero-order chi connectivity index (χ0) is 19.6. The Morgan fingerprint density at radius 3 is 1.52 bits per heavy atom. The van der Waals surface area contributed by atoms with E-state index in [0.29, 0.717) is 29.6 Å². The Morgan fingerprint density at radius 1 is 0.724 bits per heavy atom. The number of hydrogen-bond donors (Lipinski definition) is 2. The molecule has 2 aliphatic heterocycles. The second-order valence-electron chi connectivity index (χ2n) is 10.6. The molecule has 2 saturated heterocycles. The first-order valence-electron chi connectivity index (χ1n) is 11.5. The number of likely N-dealkylation sites (tertiary alicyclic amines) is 2. The van der Waals surface area contributed by atoms with E-state index in [1.54, 1.807) is 0 Å². The molecule has 0 aromatic rings. The van der Waals surface area contributed by atoms with Crippen LogP contribution >= 0.6 is 12.4 Å². The summed E-state index contributed by atoms with van der Waals surface area (Å²) in [6.45, 7) is 5.51. The second kappa shape index (κ2) is 8.01. The fourth-order valence-corrected chi connectivity index (χ4v) is 7.28. The van der Waals surface area contributed by atoms with Gasteiger partial charge in [-0.1, -0.05) is 6.92 Å². The van der Waals surface area contributed by atoms with Crippen molar-refractivity contribution in [3.63, 3.8) is 0 Å². The molecule has 29 heavy (non-hydrogen) atoms. The zero-order valence-electron chi connectivity index (χ0n) is 17.5. The van der Waals surface area contributed by atoms with Crippen molar-refractivity contribution < 1.29 is 9.59 Å². The van der Waals surface area contributed by atoms with E-state index in [9.17, 15) is 9.59 Å². The van der Waals surface area contributed by atoms with Gasteiger partial charge in [0.1, 0.15) is 0 Å². The standard InChI is InChI=1S/C22H36N4O2.ClH/c1-12-6-15(21(27)25-8-13-2-4-19(23)17(13)10-25)16(7-12)22(28)26-9-14-3-5-20(24)18(14)11-26;/h12-20H,2-11,23-24H2,1H3;1H. The molecular formula is C22H37ClN4O2. The normalized spacial score (nSPS) is 46.0. The lowest BCUT2D eigenvalue weighted by Gasteiger charge is -2.28. The number of amides is 2. The quantitative estimate of drug-likeness (QED) is 0.701. The number of fused-ring (bicyclic) bond motifs is 2. The molecule has 5 aliphatic rings. The van der Waals surface area contributed by atoms with Crippen LogP contribution in [-0.2, 0) is 9.59 Å². The molecule has 164 valence electrons. The third kappa shape index (κ3) is 3.59. The fourth-order valence-electron chi connectivity index (χ4n) is 7.28. The number of carbonyl (C=O) groups is 2. The first-order valence-corrected chi connectivity index (χ1v) is 11.5. The van der Waals surface area contributed by atoms with Crippen molar-refractivity contribution >= 4 is 24.2 Å². The Morgan fingerprint density at radius 2 is 1.14 bits per heavy atom. The van der Waals surface area contributed by atoms with Gasteiger partial charge in [-0.05, 0) is 68.1 Å². The lowest BCUT2D eigenvalue weighted by molar-refractivity contribution is -0.144. The third-order valence-electron chi connectivity index (χ3n) is 8.88. The number of rotatable bonds is 2. The van der Waals surface area contributed by atoms with E-state index in [1.807, 2.05) is 9.80 Å². The van der Waals surface area contributed by atoms with Crippen molar-refractivity contribution in [1.29, 1.82) is 0 Å². The van der Waals surface area contributed by atoms with Crippen LogP contribution in [0.15, 0.2) is 0 Å². The highest BCUT2D eigenvalue weighted by molar-refractivity contribution is 5.88. The van der Waals surface area contributed by atoms with Crippen LogP contribution < -0.4 is 11.5 Å². The molecule has 8 atom stereocenters. The highest BCUT2D eigenvalue weighted by atomic mass is 35.5.